The molecular formula is C15H29N3O. The van der Waals surface area contributed by atoms with Crippen molar-refractivity contribution in [1.29, 1.82) is 0 Å². The van der Waals surface area contributed by atoms with Crippen LogP contribution in [0.5, 0.6) is 0 Å². The van der Waals surface area contributed by atoms with Crippen LogP contribution < -0.4 is 10.7 Å². The molecule has 0 unspecified atom stereocenters. The van der Waals surface area contributed by atoms with E-state index in [1.807, 2.05) is 19.1 Å². The van der Waals surface area contributed by atoms with Gasteiger partial charge in [0.1, 0.15) is 5.76 Å². The number of piperidine rings is 1. The highest BCUT2D eigenvalue weighted by Gasteiger charge is 2.14. The molecule has 1 aliphatic rings. The summed E-state index contributed by atoms with van der Waals surface area (Å²) in [6, 6.07) is 0. The van der Waals surface area contributed by atoms with Gasteiger partial charge >= 0.3 is 0 Å². The van der Waals surface area contributed by atoms with E-state index in [0.29, 0.717) is 0 Å². The number of methoxy groups -OCH3 is 1. The number of likely N-dealkylation sites (N-methyl/N-ethyl adjacent to an activating group) is 1. The zero-order valence-electron chi connectivity index (χ0n) is 12.8. The molecule has 0 amide bonds. The largest absolute Gasteiger partial charge is 0.495 e. The Kier molecular flexibility index (Phi) is 7.60. The van der Waals surface area contributed by atoms with E-state index in [1.165, 1.54) is 12.8 Å². The molecule has 1 saturated heterocycles. The Morgan fingerprint density at radius 3 is 2.58 bits per heavy atom. The van der Waals surface area contributed by atoms with Gasteiger partial charge in [0, 0.05) is 14.1 Å². The van der Waals surface area contributed by atoms with Crippen LogP contribution in [0.4, 0.5) is 0 Å². The first-order chi connectivity index (χ1) is 9.22. The fourth-order valence-electron chi connectivity index (χ4n) is 2.40. The monoisotopic (exact) mass is 267 g/mol. The normalized spacial score (nSPS) is 18.5. The first kappa shape index (κ1) is 16.1. The molecular weight excluding hydrogens is 238 g/mol. The lowest BCUT2D eigenvalue weighted by Gasteiger charge is -2.25. The molecule has 2 N–H and O–H groups in total. The quantitative estimate of drug-likeness (QED) is 0.421. The van der Waals surface area contributed by atoms with Gasteiger partial charge in [-0.2, -0.15) is 0 Å². The second-order valence-electron chi connectivity index (χ2n) is 4.98. The Bertz CT molecular complexity index is 307. The van der Waals surface area contributed by atoms with Crippen molar-refractivity contribution >= 4 is 0 Å². The minimum atomic E-state index is 0.793. The van der Waals surface area contributed by atoms with Gasteiger partial charge in [-0.3, -0.25) is 0 Å². The first-order valence-electron chi connectivity index (χ1n) is 7.29. The predicted molar refractivity (Wildman–Crippen MR) is 80.5 cm³/mol. The standard InChI is InChI=1S/C15H29N3O/c1-5-6-15(19-4)14(18(3)16-2)8-7-13-9-11-17-12-10-13/h6,8,13,16-17H,5,7,9-12H2,1-4H3/b14-8-,15-6-. The summed E-state index contributed by atoms with van der Waals surface area (Å²) in [5.74, 6) is 1.74. The topological polar surface area (TPSA) is 36.5 Å². The van der Waals surface area contributed by atoms with Crippen LogP contribution in [0, 0.1) is 5.92 Å². The first-order valence-corrected chi connectivity index (χ1v) is 7.29. The minimum Gasteiger partial charge on any atom is -0.495 e. The second kappa shape index (κ2) is 8.99. The lowest BCUT2D eigenvalue weighted by Crippen LogP contribution is -2.31. The van der Waals surface area contributed by atoms with E-state index >= 15 is 0 Å². The Hall–Kier alpha value is -1.00. The van der Waals surface area contributed by atoms with Crippen LogP contribution in [-0.4, -0.2) is 39.3 Å². The second-order valence-corrected chi connectivity index (χ2v) is 4.98. The van der Waals surface area contributed by atoms with Crippen LogP contribution in [0.25, 0.3) is 0 Å². The molecule has 0 atom stereocenters. The molecule has 0 aromatic carbocycles. The summed E-state index contributed by atoms with van der Waals surface area (Å²) in [7, 11) is 5.69. The molecule has 0 spiro atoms. The van der Waals surface area contributed by atoms with Gasteiger partial charge in [-0.25, -0.2) is 5.43 Å². The number of nitrogens with zero attached hydrogens (tertiary/aromatic N) is 1. The molecule has 0 radical (unpaired) electrons. The molecule has 1 rings (SSSR count). The molecule has 4 heteroatoms. The van der Waals surface area contributed by atoms with E-state index in [-0.39, 0.29) is 0 Å². The van der Waals surface area contributed by atoms with Gasteiger partial charge in [0.05, 0.1) is 12.8 Å². The molecule has 110 valence electrons. The summed E-state index contributed by atoms with van der Waals surface area (Å²) in [6.07, 6.45) is 9.07. The highest BCUT2D eigenvalue weighted by Crippen LogP contribution is 2.21. The van der Waals surface area contributed by atoms with Crippen molar-refractivity contribution < 1.29 is 4.74 Å². The summed E-state index contributed by atoms with van der Waals surface area (Å²) in [5.41, 5.74) is 4.29. The third-order valence-corrected chi connectivity index (χ3v) is 3.66. The average molecular weight is 267 g/mol. The summed E-state index contributed by atoms with van der Waals surface area (Å²) >= 11 is 0. The maximum Gasteiger partial charge on any atom is 0.139 e. The van der Waals surface area contributed by atoms with Gasteiger partial charge in [0.2, 0.25) is 0 Å². The molecule has 0 aromatic heterocycles. The van der Waals surface area contributed by atoms with E-state index in [2.05, 4.69) is 29.8 Å². The number of ether oxygens (including phenoxy) is 1. The van der Waals surface area contributed by atoms with E-state index in [4.69, 9.17) is 4.74 Å². The van der Waals surface area contributed by atoms with Gasteiger partial charge in [-0.05, 0) is 50.8 Å². The summed E-state index contributed by atoms with van der Waals surface area (Å²) in [6.45, 7) is 4.43. The molecule has 1 heterocycles. The molecule has 0 bridgehead atoms. The molecule has 19 heavy (non-hydrogen) atoms. The highest BCUT2D eigenvalue weighted by molar-refractivity contribution is 5.24. The Labute approximate surface area is 117 Å². The van der Waals surface area contributed by atoms with Crippen molar-refractivity contribution in [1.82, 2.24) is 15.8 Å². The number of hydrogen-bond acceptors (Lipinski definition) is 4. The summed E-state index contributed by atoms with van der Waals surface area (Å²) in [4.78, 5) is 0. The molecule has 4 nitrogen and oxygen atoms in total. The Morgan fingerprint density at radius 2 is 2.05 bits per heavy atom. The van der Waals surface area contributed by atoms with Gasteiger partial charge in [0.25, 0.3) is 0 Å². The van der Waals surface area contributed by atoms with Crippen molar-refractivity contribution in [2.45, 2.75) is 32.6 Å². The summed E-state index contributed by atoms with van der Waals surface area (Å²) in [5, 5.41) is 5.43. The Balaban J connectivity index is 2.74. The van der Waals surface area contributed by atoms with Crippen molar-refractivity contribution in [3.05, 3.63) is 23.6 Å². The predicted octanol–water partition coefficient (Wildman–Crippen LogP) is 2.27. The SMILES string of the molecule is CC/C=C(OC)/C(=C/CC1CCNCC1)N(C)NC. The van der Waals surface area contributed by atoms with Crippen molar-refractivity contribution in [2.75, 3.05) is 34.3 Å². The number of hydrogen-bond donors (Lipinski definition) is 2. The van der Waals surface area contributed by atoms with Gasteiger partial charge < -0.3 is 15.1 Å². The van der Waals surface area contributed by atoms with E-state index < -0.39 is 0 Å². The van der Waals surface area contributed by atoms with Gasteiger partial charge in [-0.15, -0.1) is 0 Å². The van der Waals surface area contributed by atoms with Crippen LogP contribution in [0.3, 0.4) is 0 Å². The van der Waals surface area contributed by atoms with Crippen molar-refractivity contribution in [3.63, 3.8) is 0 Å². The van der Waals surface area contributed by atoms with Crippen molar-refractivity contribution in [3.8, 4) is 0 Å². The number of allylic oxidation sites excluding steroid dienone is 2. The van der Waals surface area contributed by atoms with E-state index in [0.717, 1.165) is 43.3 Å². The maximum atomic E-state index is 5.51. The molecule has 1 aliphatic heterocycles. The summed E-state index contributed by atoms with van der Waals surface area (Å²) < 4.78 is 5.51. The fourth-order valence-corrected chi connectivity index (χ4v) is 2.40. The maximum absolute atomic E-state index is 5.51. The van der Waals surface area contributed by atoms with Crippen LogP contribution in [0.1, 0.15) is 32.6 Å². The lowest BCUT2D eigenvalue weighted by atomic mass is 9.94. The van der Waals surface area contributed by atoms with Crippen LogP contribution >= 0.6 is 0 Å². The number of hydrazine groups is 1. The smallest absolute Gasteiger partial charge is 0.139 e. The van der Waals surface area contributed by atoms with Crippen LogP contribution in [-0.2, 0) is 4.74 Å². The van der Waals surface area contributed by atoms with E-state index in [1.54, 1.807) is 7.11 Å². The minimum absolute atomic E-state index is 0.793. The third kappa shape index (κ3) is 5.25. The van der Waals surface area contributed by atoms with Crippen LogP contribution in [0.15, 0.2) is 23.6 Å². The Morgan fingerprint density at radius 1 is 1.37 bits per heavy atom. The van der Waals surface area contributed by atoms with Crippen molar-refractivity contribution in [2.24, 2.45) is 5.92 Å². The zero-order chi connectivity index (χ0) is 14.1. The van der Waals surface area contributed by atoms with Gasteiger partial charge in [-0.1, -0.05) is 13.0 Å². The number of rotatable bonds is 7. The van der Waals surface area contributed by atoms with E-state index in [9.17, 15) is 0 Å². The lowest BCUT2D eigenvalue weighted by molar-refractivity contribution is 0.245. The zero-order valence-corrected chi connectivity index (χ0v) is 12.8. The third-order valence-electron chi connectivity index (χ3n) is 3.66. The number of nitrogens with one attached hydrogen (secondary N) is 2. The highest BCUT2D eigenvalue weighted by atomic mass is 16.5. The fraction of sp³-hybridized carbons (Fsp3) is 0.733. The molecule has 0 aromatic rings. The average Bonchev–Trinajstić information content (AvgIpc) is 2.46. The molecule has 0 saturated carbocycles. The van der Waals surface area contributed by atoms with Crippen LogP contribution in [0.2, 0.25) is 0 Å². The molecule has 0 aliphatic carbocycles. The molecule has 1 fully saturated rings. The van der Waals surface area contributed by atoms with Gasteiger partial charge in [0.15, 0.2) is 0 Å².